The van der Waals surface area contributed by atoms with Gasteiger partial charge in [0.05, 0.1) is 42.7 Å². The van der Waals surface area contributed by atoms with Crippen LogP contribution >= 0.6 is 0 Å². The summed E-state index contributed by atoms with van der Waals surface area (Å²) in [4.78, 5) is 18.9. The molecule has 1 amide bonds. The van der Waals surface area contributed by atoms with Crippen LogP contribution in [0.15, 0.2) is 30.6 Å². The Kier molecular flexibility index (Phi) is 6.01. The molecule has 0 unspecified atom stereocenters. The van der Waals surface area contributed by atoms with Gasteiger partial charge in [0.1, 0.15) is 6.54 Å². The van der Waals surface area contributed by atoms with Crippen LogP contribution in [-0.4, -0.2) is 73.0 Å². The third-order valence-corrected chi connectivity index (χ3v) is 4.35. The Bertz CT molecular complexity index is 700. The van der Waals surface area contributed by atoms with Gasteiger partial charge in [0, 0.05) is 13.2 Å². The predicted octanol–water partition coefficient (Wildman–Crippen LogP) is 0.888. The zero-order valence-electron chi connectivity index (χ0n) is 14.9. The smallest absolute Gasteiger partial charge is 0.240 e. The SMILES string of the molecule is CN(C)CCO[C@H]1CCOC[C@H]1NC(=O)Cn1cnc2ccccc21. The number of likely N-dealkylation sites (N-methyl/N-ethyl adjacent to an activating group) is 1. The van der Waals surface area contributed by atoms with Crippen LogP contribution < -0.4 is 5.32 Å². The van der Waals surface area contributed by atoms with Crippen molar-refractivity contribution in [1.29, 1.82) is 0 Å². The van der Waals surface area contributed by atoms with Gasteiger partial charge in [-0.2, -0.15) is 0 Å². The fourth-order valence-corrected chi connectivity index (χ4v) is 2.98. The van der Waals surface area contributed by atoms with Gasteiger partial charge < -0.3 is 24.3 Å². The average Bonchev–Trinajstić information content (AvgIpc) is 2.99. The molecular formula is C18H26N4O3. The second-order valence-corrected chi connectivity index (χ2v) is 6.61. The van der Waals surface area contributed by atoms with Gasteiger partial charge >= 0.3 is 0 Å². The summed E-state index contributed by atoms with van der Waals surface area (Å²) in [6.07, 6.45) is 2.50. The second kappa shape index (κ2) is 8.42. The summed E-state index contributed by atoms with van der Waals surface area (Å²) >= 11 is 0. The first-order valence-electron chi connectivity index (χ1n) is 8.67. The Morgan fingerprint density at radius 2 is 2.28 bits per heavy atom. The summed E-state index contributed by atoms with van der Waals surface area (Å²) in [6.45, 7) is 2.91. The molecule has 2 atom stereocenters. The number of imidazole rings is 1. The number of amides is 1. The van der Waals surface area contributed by atoms with Crippen molar-refractivity contribution in [1.82, 2.24) is 19.8 Å². The minimum Gasteiger partial charge on any atom is -0.379 e. The number of aromatic nitrogens is 2. The highest BCUT2D eigenvalue weighted by Gasteiger charge is 2.28. The van der Waals surface area contributed by atoms with E-state index in [1.165, 1.54) is 0 Å². The standard InChI is InChI=1S/C18H26N4O3/c1-21(2)8-10-25-17-7-9-24-12-15(17)20-18(23)11-22-13-19-14-5-3-4-6-16(14)22/h3-6,13,15,17H,7-12H2,1-2H3,(H,20,23)/t15-,17+/m1/s1. The van der Waals surface area contributed by atoms with Crippen molar-refractivity contribution in [2.75, 3.05) is 40.5 Å². The Labute approximate surface area is 147 Å². The van der Waals surface area contributed by atoms with Crippen LogP contribution in [0.1, 0.15) is 6.42 Å². The normalized spacial score (nSPS) is 20.9. The molecule has 1 aliphatic rings. The van der Waals surface area contributed by atoms with Crippen molar-refractivity contribution >= 4 is 16.9 Å². The van der Waals surface area contributed by atoms with E-state index in [9.17, 15) is 4.79 Å². The molecule has 1 aliphatic heterocycles. The highest BCUT2D eigenvalue weighted by molar-refractivity contribution is 5.80. The maximum absolute atomic E-state index is 12.5. The van der Waals surface area contributed by atoms with Crippen molar-refractivity contribution in [3.63, 3.8) is 0 Å². The molecule has 0 bridgehead atoms. The van der Waals surface area contributed by atoms with Gasteiger partial charge in [-0.1, -0.05) is 12.1 Å². The lowest BCUT2D eigenvalue weighted by molar-refractivity contribution is -0.126. The molecule has 0 spiro atoms. The van der Waals surface area contributed by atoms with Crippen molar-refractivity contribution in [2.45, 2.75) is 25.1 Å². The van der Waals surface area contributed by atoms with Gasteiger partial charge in [-0.15, -0.1) is 0 Å². The summed E-state index contributed by atoms with van der Waals surface area (Å²) in [6, 6.07) is 7.68. The Hall–Kier alpha value is -1.96. The lowest BCUT2D eigenvalue weighted by Crippen LogP contribution is -2.51. The molecule has 1 N–H and O–H groups in total. The van der Waals surface area contributed by atoms with Crippen LogP contribution in [0.3, 0.4) is 0 Å². The summed E-state index contributed by atoms with van der Waals surface area (Å²) in [7, 11) is 4.03. The fraction of sp³-hybridized carbons (Fsp3) is 0.556. The molecule has 25 heavy (non-hydrogen) atoms. The van der Waals surface area contributed by atoms with Gasteiger partial charge in [-0.3, -0.25) is 4.79 Å². The molecule has 1 saturated heterocycles. The zero-order chi connectivity index (χ0) is 17.6. The van der Waals surface area contributed by atoms with Gasteiger partial charge in [0.2, 0.25) is 5.91 Å². The first-order chi connectivity index (χ1) is 12.1. The number of hydrogen-bond acceptors (Lipinski definition) is 5. The van der Waals surface area contributed by atoms with E-state index >= 15 is 0 Å². The number of para-hydroxylation sites is 2. The van der Waals surface area contributed by atoms with Crippen LogP contribution in [0.2, 0.25) is 0 Å². The maximum atomic E-state index is 12.5. The van der Waals surface area contributed by atoms with E-state index in [2.05, 4.69) is 15.2 Å². The highest BCUT2D eigenvalue weighted by atomic mass is 16.5. The summed E-state index contributed by atoms with van der Waals surface area (Å²) in [5.41, 5.74) is 1.84. The quantitative estimate of drug-likeness (QED) is 0.806. The monoisotopic (exact) mass is 346 g/mol. The number of fused-ring (bicyclic) bond motifs is 1. The van der Waals surface area contributed by atoms with Gasteiger partial charge in [-0.25, -0.2) is 4.98 Å². The number of nitrogens with zero attached hydrogens (tertiary/aromatic N) is 3. The zero-order valence-corrected chi connectivity index (χ0v) is 14.9. The molecule has 1 aromatic carbocycles. The Balaban J connectivity index is 1.56. The van der Waals surface area contributed by atoms with Gasteiger partial charge in [0.15, 0.2) is 0 Å². The van der Waals surface area contributed by atoms with Crippen molar-refractivity contribution < 1.29 is 14.3 Å². The van der Waals surface area contributed by atoms with Crippen molar-refractivity contribution in [2.24, 2.45) is 0 Å². The summed E-state index contributed by atoms with van der Waals surface area (Å²) in [5.74, 6) is -0.0557. The minimum absolute atomic E-state index is 0.00261. The third kappa shape index (κ3) is 4.78. The number of rotatable bonds is 7. The van der Waals surface area contributed by atoms with E-state index < -0.39 is 0 Å². The van der Waals surface area contributed by atoms with Gasteiger partial charge in [0.25, 0.3) is 0 Å². The molecule has 7 nitrogen and oxygen atoms in total. The summed E-state index contributed by atoms with van der Waals surface area (Å²) < 4.78 is 13.3. The number of benzene rings is 1. The molecule has 0 saturated carbocycles. The molecule has 0 aliphatic carbocycles. The van der Waals surface area contributed by atoms with E-state index in [4.69, 9.17) is 9.47 Å². The fourth-order valence-electron chi connectivity index (χ4n) is 2.98. The van der Waals surface area contributed by atoms with Crippen LogP contribution in [0, 0.1) is 0 Å². The lowest BCUT2D eigenvalue weighted by atomic mass is 10.1. The third-order valence-electron chi connectivity index (χ3n) is 4.35. The van der Waals surface area contributed by atoms with E-state index in [1.54, 1.807) is 6.33 Å². The number of hydrogen-bond donors (Lipinski definition) is 1. The van der Waals surface area contributed by atoms with E-state index in [0.29, 0.717) is 19.8 Å². The first kappa shape index (κ1) is 17.8. The number of carbonyl (C=O) groups excluding carboxylic acids is 1. The van der Waals surface area contributed by atoms with Crippen LogP contribution in [0.4, 0.5) is 0 Å². The Morgan fingerprint density at radius 3 is 3.12 bits per heavy atom. The van der Waals surface area contributed by atoms with E-state index in [0.717, 1.165) is 24.0 Å². The minimum atomic E-state index is -0.113. The molecule has 1 aromatic heterocycles. The van der Waals surface area contributed by atoms with Crippen molar-refractivity contribution in [3.05, 3.63) is 30.6 Å². The molecular weight excluding hydrogens is 320 g/mol. The van der Waals surface area contributed by atoms with E-state index in [1.807, 2.05) is 42.9 Å². The van der Waals surface area contributed by atoms with E-state index in [-0.39, 0.29) is 24.6 Å². The molecule has 136 valence electrons. The van der Waals surface area contributed by atoms with Gasteiger partial charge in [-0.05, 0) is 32.6 Å². The van der Waals surface area contributed by atoms with Crippen molar-refractivity contribution in [3.8, 4) is 0 Å². The number of nitrogens with one attached hydrogen (secondary N) is 1. The van der Waals surface area contributed by atoms with Crippen LogP contribution in [0.25, 0.3) is 11.0 Å². The Morgan fingerprint density at radius 1 is 1.44 bits per heavy atom. The highest BCUT2D eigenvalue weighted by Crippen LogP contribution is 2.14. The molecule has 2 aromatic rings. The lowest BCUT2D eigenvalue weighted by Gasteiger charge is -2.32. The molecule has 1 fully saturated rings. The number of ether oxygens (including phenoxy) is 2. The number of carbonyl (C=O) groups is 1. The largest absolute Gasteiger partial charge is 0.379 e. The molecule has 2 heterocycles. The average molecular weight is 346 g/mol. The molecule has 7 heteroatoms. The maximum Gasteiger partial charge on any atom is 0.240 e. The van der Waals surface area contributed by atoms with Crippen LogP contribution in [-0.2, 0) is 20.8 Å². The summed E-state index contributed by atoms with van der Waals surface area (Å²) in [5, 5.41) is 3.06. The topological polar surface area (TPSA) is 68.6 Å². The van der Waals surface area contributed by atoms with Crippen LogP contribution in [0.5, 0.6) is 0 Å². The first-order valence-corrected chi connectivity index (χ1v) is 8.67. The second-order valence-electron chi connectivity index (χ2n) is 6.61. The molecule has 3 rings (SSSR count). The molecule has 0 radical (unpaired) electrons. The predicted molar refractivity (Wildman–Crippen MR) is 95.4 cm³/mol.